The monoisotopic (exact) mass is 232 g/mol. The van der Waals surface area contributed by atoms with Gasteiger partial charge in [0.15, 0.2) is 0 Å². The molecule has 0 aliphatic rings. The van der Waals surface area contributed by atoms with E-state index in [4.69, 9.17) is 4.74 Å². The van der Waals surface area contributed by atoms with Gasteiger partial charge >= 0.3 is 6.09 Å². The number of nitrogens with two attached hydrogens (primary N) is 1. The topological polar surface area (TPSA) is 95.1 Å². The van der Waals surface area contributed by atoms with Gasteiger partial charge in [0.05, 0.1) is 25.6 Å². The number of alkyl carbamates (subject to hydrolysis) is 1. The van der Waals surface area contributed by atoms with Crippen LogP contribution < -0.4 is 15.7 Å². The molecule has 16 heavy (non-hydrogen) atoms. The van der Waals surface area contributed by atoms with Crippen molar-refractivity contribution in [2.45, 2.75) is 38.8 Å². The van der Waals surface area contributed by atoms with Gasteiger partial charge in [0.1, 0.15) is 5.60 Å². The van der Waals surface area contributed by atoms with E-state index in [0.717, 1.165) is 0 Å². The molecule has 94 valence electrons. The molecule has 0 heterocycles. The van der Waals surface area contributed by atoms with Crippen LogP contribution in [-0.2, 0) is 9.53 Å². The molecule has 0 aromatic rings. The van der Waals surface area contributed by atoms with E-state index in [9.17, 15) is 14.7 Å². The highest BCUT2D eigenvalue weighted by molar-refractivity contribution is 5.78. The molecule has 0 rings (SSSR count). The van der Waals surface area contributed by atoms with Gasteiger partial charge in [0.25, 0.3) is 0 Å². The first kappa shape index (κ1) is 14.7. The molecule has 6 nitrogen and oxygen atoms in total. The summed E-state index contributed by atoms with van der Waals surface area (Å²) in [6.45, 7) is 5.72. The Bertz CT molecular complexity index is 248. The Morgan fingerprint density at radius 2 is 2.00 bits per heavy atom. The highest BCUT2D eigenvalue weighted by Gasteiger charge is 2.20. The normalized spacial score (nSPS) is 13.0. The van der Waals surface area contributed by atoms with E-state index in [1.807, 2.05) is 12.4 Å². The van der Waals surface area contributed by atoms with E-state index in [-0.39, 0.29) is 0 Å². The van der Waals surface area contributed by atoms with Gasteiger partial charge in [-0.2, -0.15) is 0 Å². The average Bonchev–Trinajstić information content (AvgIpc) is 2.08. The van der Waals surface area contributed by atoms with Crippen molar-refractivity contribution in [3.05, 3.63) is 0 Å². The zero-order valence-corrected chi connectivity index (χ0v) is 10.2. The van der Waals surface area contributed by atoms with Crippen LogP contribution in [0.3, 0.4) is 0 Å². The molecule has 0 aromatic carbocycles. The zero-order chi connectivity index (χ0) is 12.8. The van der Waals surface area contributed by atoms with Crippen molar-refractivity contribution in [3.8, 4) is 0 Å². The number of ether oxygens (including phenoxy) is 1. The van der Waals surface area contributed by atoms with Crippen LogP contribution in [-0.4, -0.2) is 37.3 Å². The van der Waals surface area contributed by atoms with Crippen LogP contribution in [0.1, 0.15) is 27.2 Å². The summed E-state index contributed by atoms with van der Waals surface area (Å²) >= 11 is 0. The molecule has 0 bridgehead atoms. The summed E-state index contributed by atoms with van der Waals surface area (Å²) in [4.78, 5) is 22.0. The summed E-state index contributed by atoms with van der Waals surface area (Å²) in [6.07, 6.45) is -0.434. The molecule has 0 radical (unpaired) electrons. The van der Waals surface area contributed by atoms with Gasteiger partial charge in [-0.3, -0.25) is 0 Å². The highest BCUT2D eigenvalue weighted by Crippen LogP contribution is 2.06. The van der Waals surface area contributed by atoms with Gasteiger partial charge in [0, 0.05) is 6.42 Å². The maximum Gasteiger partial charge on any atom is 0.408 e. The first-order valence-electron chi connectivity index (χ1n) is 5.24. The number of carbonyl (C=O) groups is 2. The van der Waals surface area contributed by atoms with Crippen molar-refractivity contribution in [1.29, 1.82) is 0 Å². The first-order valence-corrected chi connectivity index (χ1v) is 5.24. The lowest BCUT2D eigenvalue weighted by Crippen LogP contribution is -2.80. The second kappa shape index (κ2) is 6.32. The average molecular weight is 232 g/mol. The van der Waals surface area contributed by atoms with Crippen LogP contribution in [0.15, 0.2) is 0 Å². The Kier molecular flexibility index (Phi) is 5.81. The Morgan fingerprint density at radius 3 is 2.38 bits per heavy atom. The number of amides is 1. The van der Waals surface area contributed by atoms with E-state index in [1.165, 1.54) is 0 Å². The maximum atomic E-state index is 11.3. The number of hydrogen-bond acceptors (Lipinski definition) is 4. The van der Waals surface area contributed by atoms with Gasteiger partial charge in [-0.1, -0.05) is 0 Å². The summed E-state index contributed by atoms with van der Waals surface area (Å²) in [7, 11) is 1.82. The second-order valence-electron chi connectivity index (χ2n) is 4.50. The molecule has 3 N–H and O–H groups in total. The third-order valence-electron chi connectivity index (χ3n) is 1.72. The third-order valence-corrected chi connectivity index (χ3v) is 1.72. The maximum absolute atomic E-state index is 11.3. The smallest absolute Gasteiger partial charge is 0.408 e. The number of rotatable bonds is 5. The summed E-state index contributed by atoms with van der Waals surface area (Å²) in [6, 6.07) is -1.01. The molecule has 1 amide bonds. The highest BCUT2D eigenvalue weighted by atomic mass is 16.6. The van der Waals surface area contributed by atoms with Gasteiger partial charge in [0.2, 0.25) is 0 Å². The first-order chi connectivity index (χ1) is 7.26. The lowest BCUT2D eigenvalue weighted by atomic mass is 10.2. The largest absolute Gasteiger partial charge is 0.548 e. The van der Waals surface area contributed by atoms with Crippen LogP contribution in [0, 0.1) is 0 Å². The molecule has 0 spiro atoms. The molecule has 0 saturated carbocycles. The Labute approximate surface area is 95.4 Å². The van der Waals surface area contributed by atoms with Crippen LogP contribution in [0.25, 0.3) is 0 Å². The van der Waals surface area contributed by atoms with Crippen LogP contribution in [0.2, 0.25) is 0 Å². The van der Waals surface area contributed by atoms with Crippen LogP contribution >= 0.6 is 0 Å². The number of aliphatic carboxylic acids is 1. The fourth-order valence-corrected chi connectivity index (χ4v) is 1.03. The minimum atomic E-state index is -1.30. The number of carbonyl (C=O) groups excluding carboxylic acids is 2. The van der Waals surface area contributed by atoms with Crippen molar-refractivity contribution in [2.75, 3.05) is 13.6 Å². The lowest BCUT2D eigenvalue weighted by Gasteiger charge is -2.23. The summed E-state index contributed by atoms with van der Waals surface area (Å²) in [5, 5.41) is 14.8. The summed E-state index contributed by atoms with van der Waals surface area (Å²) < 4.78 is 4.95. The summed E-state index contributed by atoms with van der Waals surface area (Å²) in [5.74, 6) is -1.30. The minimum absolute atomic E-state index is 0.304. The summed E-state index contributed by atoms with van der Waals surface area (Å²) in [5.41, 5.74) is -0.641. The van der Waals surface area contributed by atoms with Crippen molar-refractivity contribution < 1.29 is 24.7 Å². The van der Waals surface area contributed by atoms with Crippen molar-refractivity contribution in [3.63, 3.8) is 0 Å². The van der Waals surface area contributed by atoms with Gasteiger partial charge in [-0.15, -0.1) is 0 Å². The molecule has 0 aliphatic heterocycles. The minimum Gasteiger partial charge on any atom is -0.548 e. The van der Waals surface area contributed by atoms with Crippen LogP contribution in [0.4, 0.5) is 4.79 Å². The number of nitrogens with one attached hydrogen (secondary N) is 1. The molecular weight excluding hydrogens is 212 g/mol. The van der Waals surface area contributed by atoms with Gasteiger partial charge < -0.3 is 25.3 Å². The Morgan fingerprint density at radius 1 is 1.44 bits per heavy atom. The van der Waals surface area contributed by atoms with E-state index >= 15 is 0 Å². The third kappa shape index (κ3) is 7.05. The van der Waals surface area contributed by atoms with Gasteiger partial charge in [-0.25, -0.2) is 4.79 Å². The quantitative estimate of drug-likeness (QED) is 0.585. The van der Waals surface area contributed by atoms with Crippen molar-refractivity contribution in [2.24, 2.45) is 0 Å². The molecule has 0 fully saturated rings. The Balaban J connectivity index is 4.19. The van der Waals surface area contributed by atoms with E-state index in [0.29, 0.717) is 13.0 Å². The molecule has 6 heteroatoms. The van der Waals surface area contributed by atoms with E-state index < -0.39 is 23.7 Å². The molecular formula is C10H20N2O4. The number of hydrogen-bond donors (Lipinski definition) is 2. The van der Waals surface area contributed by atoms with E-state index in [1.54, 1.807) is 20.8 Å². The predicted octanol–water partition coefficient (Wildman–Crippen LogP) is -1.79. The zero-order valence-electron chi connectivity index (χ0n) is 10.2. The second-order valence-corrected chi connectivity index (χ2v) is 4.50. The fraction of sp³-hybridized carbons (Fsp3) is 0.800. The van der Waals surface area contributed by atoms with Crippen molar-refractivity contribution in [1.82, 2.24) is 5.32 Å². The lowest BCUT2D eigenvalue weighted by molar-refractivity contribution is -0.627. The SMILES string of the molecule is C[NH2+]CC[C@H](NC(=O)OC(C)(C)C)C(=O)[O-]. The van der Waals surface area contributed by atoms with Crippen LogP contribution in [0.5, 0.6) is 0 Å². The standard InChI is InChI=1S/C10H20N2O4/c1-10(2,3)16-9(15)12-7(8(13)14)5-6-11-4/h7,11H,5-6H2,1-4H3,(H,12,15)(H,13,14)/t7-/m0/s1. The number of quaternary nitrogens is 1. The molecule has 0 saturated heterocycles. The molecule has 0 aliphatic carbocycles. The fourth-order valence-electron chi connectivity index (χ4n) is 1.03. The number of carboxylic acids is 1. The van der Waals surface area contributed by atoms with E-state index in [2.05, 4.69) is 5.32 Å². The molecule has 0 aromatic heterocycles. The number of carboxylic acid groups (broad SMARTS) is 1. The molecule has 1 atom stereocenters. The van der Waals surface area contributed by atoms with Gasteiger partial charge in [-0.05, 0) is 20.8 Å². The predicted molar refractivity (Wildman–Crippen MR) is 55.5 cm³/mol. The Hall–Kier alpha value is -1.30. The molecule has 0 unspecified atom stereocenters. The van der Waals surface area contributed by atoms with Crippen molar-refractivity contribution >= 4 is 12.1 Å².